The maximum absolute atomic E-state index is 12.2. The van der Waals surface area contributed by atoms with Crippen molar-refractivity contribution in [1.82, 2.24) is 9.97 Å². The maximum atomic E-state index is 12.2. The zero-order chi connectivity index (χ0) is 17.1. The van der Waals surface area contributed by atoms with Gasteiger partial charge in [-0.2, -0.15) is 0 Å². The van der Waals surface area contributed by atoms with Gasteiger partial charge in [0.2, 0.25) is 0 Å². The zero-order valence-corrected chi connectivity index (χ0v) is 14.2. The highest BCUT2D eigenvalue weighted by Crippen LogP contribution is 2.23. The number of ether oxygens (including phenoxy) is 1. The molecule has 0 saturated heterocycles. The number of aryl methyl sites for hydroxylation is 1. The van der Waals surface area contributed by atoms with E-state index in [2.05, 4.69) is 9.97 Å². The molecule has 0 aliphatic heterocycles. The van der Waals surface area contributed by atoms with Gasteiger partial charge >= 0.3 is 0 Å². The summed E-state index contributed by atoms with van der Waals surface area (Å²) in [5.74, 6) is 1.12. The second kappa shape index (κ2) is 6.89. The summed E-state index contributed by atoms with van der Waals surface area (Å²) in [5, 5.41) is 0.924. The lowest BCUT2D eigenvalue weighted by atomic mass is 10.1. The third kappa shape index (κ3) is 3.34. The number of nitrogens with one attached hydrogen (secondary N) is 1. The Labute approximate surface area is 144 Å². The predicted octanol–water partition coefficient (Wildman–Crippen LogP) is 4.37. The molecule has 3 aromatic rings. The second-order valence-electron chi connectivity index (χ2n) is 5.38. The lowest BCUT2D eigenvalue weighted by Crippen LogP contribution is -2.11. The topological polar surface area (TPSA) is 55.0 Å². The van der Waals surface area contributed by atoms with Crippen LogP contribution in [0.15, 0.2) is 47.3 Å². The number of fused-ring (bicyclic) bond motifs is 1. The van der Waals surface area contributed by atoms with E-state index < -0.39 is 0 Å². The van der Waals surface area contributed by atoms with Crippen LogP contribution in [-0.4, -0.2) is 16.6 Å². The van der Waals surface area contributed by atoms with E-state index in [1.807, 2.05) is 50.2 Å². The smallest absolute Gasteiger partial charge is 0.259 e. The molecular weight excluding hydrogens is 324 g/mol. The Morgan fingerprint density at radius 2 is 2.08 bits per heavy atom. The molecule has 0 aliphatic rings. The molecule has 5 heteroatoms. The summed E-state index contributed by atoms with van der Waals surface area (Å²) in [6.07, 6.45) is 1.76. The summed E-state index contributed by atoms with van der Waals surface area (Å²) in [7, 11) is 0. The van der Waals surface area contributed by atoms with Gasteiger partial charge in [0.1, 0.15) is 5.75 Å². The van der Waals surface area contributed by atoms with Crippen LogP contribution in [-0.2, 0) is 0 Å². The monoisotopic (exact) mass is 340 g/mol. The fourth-order valence-corrected chi connectivity index (χ4v) is 2.71. The minimum atomic E-state index is -0.201. The number of hydrogen-bond donors (Lipinski definition) is 1. The van der Waals surface area contributed by atoms with Crippen molar-refractivity contribution in [3.8, 4) is 5.75 Å². The van der Waals surface area contributed by atoms with Crippen LogP contribution in [0.1, 0.15) is 23.9 Å². The molecule has 1 aromatic heterocycles. The first-order valence-corrected chi connectivity index (χ1v) is 8.06. The molecule has 0 atom stereocenters. The number of rotatable bonds is 4. The molecule has 0 bridgehead atoms. The Hall–Kier alpha value is -2.59. The molecule has 24 heavy (non-hydrogen) atoms. The van der Waals surface area contributed by atoms with E-state index in [0.717, 1.165) is 16.9 Å². The van der Waals surface area contributed by atoms with Gasteiger partial charge in [0, 0.05) is 0 Å². The molecule has 3 rings (SSSR count). The van der Waals surface area contributed by atoms with Crippen LogP contribution in [0.2, 0.25) is 0 Å². The van der Waals surface area contributed by atoms with E-state index in [0.29, 0.717) is 28.4 Å². The van der Waals surface area contributed by atoms with Crippen molar-refractivity contribution >= 4 is 33.6 Å². The molecule has 0 amide bonds. The molecule has 1 N–H and O–H groups in total. The van der Waals surface area contributed by atoms with E-state index in [-0.39, 0.29) is 5.56 Å². The molecule has 0 fully saturated rings. The van der Waals surface area contributed by atoms with Crippen LogP contribution in [0.5, 0.6) is 5.75 Å². The summed E-state index contributed by atoms with van der Waals surface area (Å²) in [6.45, 7) is 4.45. The molecule has 0 unspecified atom stereocenters. The van der Waals surface area contributed by atoms with Crippen molar-refractivity contribution in [3.63, 3.8) is 0 Å². The van der Waals surface area contributed by atoms with Gasteiger partial charge in [0.25, 0.3) is 5.56 Å². The molecular formula is C19H17ClN2O2. The highest BCUT2D eigenvalue weighted by Gasteiger charge is 2.08. The highest BCUT2D eigenvalue weighted by molar-refractivity contribution is 6.50. The highest BCUT2D eigenvalue weighted by atomic mass is 35.5. The summed E-state index contributed by atoms with van der Waals surface area (Å²) in [5.41, 5.74) is 2.26. The molecule has 4 nitrogen and oxygen atoms in total. The van der Waals surface area contributed by atoms with Crippen molar-refractivity contribution in [3.05, 3.63) is 69.8 Å². The molecule has 2 aromatic carbocycles. The van der Waals surface area contributed by atoms with Crippen molar-refractivity contribution in [1.29, 1.82) is 0 Å². The molecule has 1 heterocycles. The van der Waals surface area contributed by atoms with Crippen LogP contribution in [0.4, 0.5) is 0 Å². The van der Waals surface area contributed by atoms with Gasteiger partial charge in [0.05, 0.1) is 22.5 Å². The van der Waals surface area contributed by atoms with Gasteiger partial charge in [0.15, 0.2) is 5.82 Å². The number of aromatic amines is 1. The summed E-state index contributed by atoms with van der Waals surface area (Å²) >= 11 is 6.38. The Morgan fingerprint density at radius 3 is 2.88 bits per heavy atom. The number of hydrogen-bond acceptors (Lipinski definition) is 3. The van der Waals surface area contributed by atoms with Gasteiger partial charge in [-0.1, -0.05) is 35.9 Å². The maximum Gasteiger partial charge on any atom is 0.259 e. The molecule has 0 spiro atoms. The first-order chi connectivity index (χ1) is 11.6. The Morgan fingerprint density at radius 1 is 1.29 bits per heavy atom. The van der Waals surface area contributed by atoms with Crippen LogP contribution < -0.4 is 10.3 Å². The van der Waals surface area contributed by atoms with Gasteiger partial charge in [-0.25, -0.2) is 4.98 Å². The summed E-state index contributed by atoms with van der Waals surface area (Å²) in [4.78, 5) is 19.5. The number of para-hydroxylation sites is 1. The lowest BCUT2D eigenvalue weighted by molar-refractivity contribution is 0.340. The standard InChI is InChI=1S/C19H17ClN2O2/c1-3-24-14-8-5-7-13(10-14)11-16(20)18-21-17-12(2)6-4-9-15(17)19(23)22-18/h4-11H,3H2,1-2H3,(H,21,22,23)/b16-11+. The Kier molecular flexibility index (Phi) is 4.67. The first-order valence-electron chi connectivity index (χ1n) is 7.68. The second-order valence-corrected chi connectivity index (χ2v) is 5.79. The summed E-state index contributed by atoms with van der Waals surface area (Å²) in [6, 6.07) is 13.1. The zero-order valence-electron chi connectivity index (χ0n) is 13.5. The molecule has 0 saturated carbocycles. The number of halogens is 1. The lowest BCUT2D eigenvalue weighted by Gasteiger charge is -2.06. The quantitative estimate of drug-likeness (QED) is 0.767. The van der Waals surface area contributed by atoms with Gasteiger partial charge in [-0.15, -0.1) is 0 Å². The fourth-order valence-electron chi connectivity index (χ4n) is 2.49. The van der Waals surface area contributed by atoms with Crippen molar-refractivity contribution in [2.75, 3.05) is 6.61 Å². The van der Waals surface area contributed by atoms with E-state index >= 15 is 0 Å². The largest absolute Gasteiger partial charge is 0.494 e. The van der Waals surface area contributed by atoms with Crippen LogP contribution >= 0.6 is 11.6 Å². The summed E-state index contributed by atoms with van der Waals surface area (Å²) < 4.78 is 5.48. The Bertz CT molecular complexity index is 977. The molecule has 0 radical (unpaired) electrons. The Balaban J connectivity index is 2.05. The third-order valence-electron chi connectivity index (χ3n) is 3.63. The minimum absolute atomic E-state index is 0.201. The van der Waals surface area contributed by atoms with Gasteiger partial charge < -0.3 is 9.72 Å². The number of benzene rings is 2. The van der Waals surface area contributed by atoms with E-state index in [1.165, 1.54) is 0 Å². The normalized spacial score (nSPS) is 11.7. The minimum Gasteiger partial charge on any atom is -0.494 e. The third-order valence-corrected chi connectivity index (χ3v) is 3.91. The van der Waals surface area contributed by atoms with E-state index in [1.54, 1.807) is 12.1 Å². The van der Waals surface area contributed by atoms with E-state index in [4.69, 9.17) is 16.3 Å². The van der Waals surface area contributed by atoms with Gasteiger partial charge in [-0.05, 0) is 49.2 Å². The predicted molar refractivity (Wildman–Crippen MR) is 98.4 cm³/mol. The number of H-pyrrole nitrogens is 1. The van der Waals surface area contributed by atoms with Gasteiger partial charge in [-0.3, -0.25) is 4.79 Å². The van der Waals surface area contributed by atoms with Crippen molar-refractivity contribution in [2.24, 2.45) is 0 Å². The molecule has 0 aliphatic carbocycles. The SMILES string of the molecule is CCOc1cccc(/C=C(/Cl)c2nc3c(C)cccc3c(=O)[nH]2)c1. The molecule has 122 valence electrons. The first kappa shape index (κ1) is 16.3. The van der Waals surface area contributed by atoms with E-state index in [9.17, 15) is 4.79 Å². The average Bonchev–Trinajstić information content (AvgIpc) is 2.56. The van der Waals surface area contributed by atoms with Crippen LogP contribution in [0.25, 0.3) is 22.0 Å². The van der Waals surface area contributed by atoms with Crippen molar-refractivity contribution < 1.29 is 4.74 Å². The number of aromatic nitrogens is 2. The number of nitrogens with zero attached hydrogens (tertiary/aromatic N) is 1. The van der Waals surface area contributed by atoms with Crippen LogP contribution in [0, 0.1) is 6.92 Å². The van der Waals surface area contributed by atoms with Crippen molar-refractivity contribution in [2.45, 2.75) is 13.8 Å². The average molecular weight is 341 g/mol. The van der Waals surface area contributed by atoms with Crippen LogP contribution in [0.3, 0.4) is 0 Å². The fraction of sp³-hybridized carbons (Fsp3) is 0.158.